The molecule has 0 aliphatic heterocycles. The van der Waals surface area contributed by atoms with Gasteiger partial charge in [0.1, 0.15) is 11.9 Å². The first-order valence-electron chi connectivity index (χ1n) is 5.37. The van der Waals surface area contributed by atoms with Crippen LogP contribution in [0.3, 0.4) is 0 Å². The molecule has 1 nitrogen and oxygen atoms in total. The van der Waals surface area contributed by atoms with Crippen molar-refractivity contribution in [2.75, 3.05) is 0 Å². The summed E-state index contributed by atoms with van der Waals surface area (Å²) in [6.45, 7) is 0. The molecule has 0 N–H and O–H groups in total. The Bertz CT molecular complexity index is 392. The maximum atomic E-state index is 5.31. The fourth-order valence-corrected chi connectivity index (χ4v) is 1.59. The Kier molecular flexibility index (Phi) is 3.46. The Morgan fingerprint density at radius 3 is 2.67 bits per heavy atom. The molecule has 1 aromatic carbocycles. The summed E-state index contributed by atoms with van der Waals surface area (Å²) in [4.78, 5) is 0. The van der Waals surface area contributed by atoms with Gasteiger partial charge < -0.3 is 4.74 Å². The van der Waals surface area contributed by atoms with Crippen molar-refractivity contribution in [2.24, 2.45) is 0 Å². The van der Waals surface area contributed by atoms with Gasteiger partial charge in [-0.05, 0) is 43.7 Å². The summed E-state index contributed by atoms with van der Waals surface area (Å²) in [6, 6.07) is 9.66. The zero-order valence-electron chi connectivity index (χ0n) is 8.70. The molecule has 0 unspecified atom stereocenters. The van der Waals surface area contributed by atoms with E-state index in [1.165, 1.54) is 18.4 Å². The maximum Gasteiger partial charge on any atom is 0.140 e. The van der Waals surface area contributed by atoms with E-state index >= 15 is 0 Å². The van der Waals surface area contributed by atoms with Crippen LogP contribution in [-0.2, 0) is 0 Å². The molecule has 15 heavy (non-hydrogen) atoms. The highest BCUT2D eigenvalue weighted by Crippen LogP contribution is 2.16. The molecule has 0 saturated heterocycles. The second-order valence-electron chi connectivity index (χ2n) is 3.62. The molecule has 1 heteroatoms. The first-order valence-corrected chi connectivity index (χ1v) is 5.37. The molecule has 0 radical (unpaired) electrons. The fraction of sp³-hybridized carbons (Fsp3) is 0.286. The molecular formula is C14H14O. The zero-order chi connectivity index (χ0) is 10.3. The Morgan fingerprint density at radius 1 is 1.07 bits per heavy atom. The molecule has 0 heterocycles. The highest BCUT2D eigenvalue weighted by molar-refractivity contribution is 5.30. The van der Waals surface area contributed by atoms with Gasteiger partial charge >= 0.3 is 0 Å². The molecule has 2 rings (SSSR count). The third-order valence-corrected chi connectivity index (χ3v) is 2.41. The summed E-state index contributed by atoms with van der Waals surface area (Å²) in [5.41, 5.74) is 1.22. The molecule has 1 aliphatic rings. The third-order valence-electron chi connectivity index (χ3n) is 2.41. The van der Waals surface area contributed by atoms with Crippen molar-refractivity contribution in [3.63, 3.8) is 0 Å². The van der Waals surface area contributed by atoms with E-state index in [9.17, 15) is 0 Å². The van der Waals surface area contributed by atoms with Gasteiger partial charge in [-0.25, -0.2) is 0 Å². The predicted octanol–water partition coefficient (Wildman–Crippen LogP) is 3.53. The Balaban J connectivity index is 1.93. The van der Waals surface area contributed by atoms with Crippen molar-refractivity contribution >= 4 is 0 Å². The van der Waals surface area contributed by atoms with Gasteiger partial charge in [0.15, 0.2) is 0 Å². The first-order chi connectivity index (χ1) is 7.45. The lowest BCUT2D eigenvalue weighted by Crippen LogP contribution is -1.89. The van der Waals surface area contributed by atoms with Gasteiger partial charge in [0, 0.05) is 5.57 Å². The van der Waals surface area contributed by atoms with Gasteiger partial charge in [-0.1, -0.05) is 24.3 Å². The number of benzene rings is 1. The second kappa shape index (κ2) is 5.26. The van der Waals surface area contributed by atoms with Crippen molar-refractivity contribution < 1.29 is 4.74 Å². The highest BCUT2D eigenvalue weighted by atomic mass is 16.5. The molecule has 1 aliphatic carbocycles. The molecule has 0 fully saturated rings. The van der Waals surface area contributed by atoms with Crippen molar-refractivity contribution in [3.05, 3.63) is 42.0 Å². The van der Waals surface area contributed by atoms with E-state index < -0.39 is 0 Å². The summed E-state index contributed by atoms with van der Waals surface area (Å²) in [5, 5.41) is 0. The van der Waals surface area contributed by atoms with Crippen LogP contribution in [0.15, 0.2) is 42.0 Å². The van der Waals surface area contributed by atoms with Gasteiger partial charge in [-0.3, -0.25) is 0 Å². The van der Waals surface area contributed by atoms with E-state index in [0.29, 0.717) is 0 Å². The molecule has 1 aromatic rings. The predicted molar refractivity (Wildman–Crippen MR) is 61.4 cm³/mol. The van der Waals surface area contributed by atoms with Gasteiger partial charge in [0.2, 0.25) is 0 Å². The van der Waals surface area contributed by atoms with E-state index in [4.69, 9.17) is 4.74 Å². The summed E-state index contributed by atoms with van der Waals surface area (Å²) in [6.07, 6.45) is 9.78. The number of ether oxygens (including phenoxy) is 1. The van der Waals surface area contributed by atoms with Crippen molar-refractivity contribution in [2.45, 2.75) is 25.7 Å². The minimum Gasteiger partial charge on any atom is -0.407 e. The Hall–Kier alpha value is -1.68. The number of hydrogen-bond donors (Lipinski definition) is 0. The van der Waals surface area contributed by atoms with Crippen molar-refractivity contribution in [1.29, 1.82) is 0 Å². The number of para-hydroxylation sites is 1. The van der Waals surface area contributed by atoms with Gasteiger partial charge in [0.25, 0.3) is 0 Å². The molecule has 0 amide bonds. The Morgan fingerprint density at radius 2 is 1.93 bits per heavy atom. The summed E-state index contributed by atoms with van der Waals surface area (Å²) < 4.78 is 5.31. The van der Waals surface area contributed by atoms with Gasteiger partial charge in [-0.2, -0.15) is 0 Å². The molecule has 0 atom stereocenters. The number of rotatable bonds is 1. The fourth-order valence-electron chi connectivity index (χ4n) is 1.59. The first kappa shape index (κ1) is 9.86. The molecule has 76 valence electrons. The van der Waals surface area contributed by atoms with E-state index in [2.05, 4.69) is 18.1 Å². The molecule has 0 spiro atoms. The molecule has 0 bridgehead atoms. The number of hydrogen-bond acceptors (Lipinski definition) is 1. The standard InChI is InChI=1S/C14H14O/c1-3-7-13(8-4-1)11-12-15-14-9-5-2-6-10-14/h2,5-7,9-10H,1,3-4,8H2. The summed E-state index contributed by atoms with van der Waals surface area (Å²) >= 11 is 0. The minimum atomic E-state index is 0.807. The average molecular weight is 198 g/mol. The monoisotopic (exact) mass is 198 g/mol. The maximum absolute atomic E-state index is 5.31. The van der Waals surface area contributed by atoms with Crippen LogP contribution in [-0.4, -0.2) is 0 Å². The lowest BCUT2D eigenvalue weighted by atomic mass is 10.0. The lowest BCUT2D eigenvalue weighted by molar-refractivity contribution is 0.519. The lowest BCUT2D eigenvalue weighted by Gasteiger charge is -2.05. The van der Waals surface area contributed by atoms with Crippen molar-refractivity contribution in [1.82, 2.24) is 0 Å². The van der Waals surface area contributed by atoms with Crippen LogP contribution in [0, 0.1) is 12.0 Å². The normalized spacial score (nSPS) is 14.8. The van der Waals surface area contributed by atoms with Crippen LogP contribution < -0.4 is 4.74 Å². The Labute approximate surface area is 90.8 Å². The smallest absolute Gasteiger partial charge is 0.140 e. The molecule has 0 aromatic heterocycles. The third kappa shape index (κ3) is 3.18. The second-order valence-corrected chi connectivity index (χ2v) is 3.62. The average Bonchev–Trinajstić information content (AvgIpc) is 2.32. The largest absolute Gasteiger partial charge is 0.407 e. The molecule has 0 saturated carbocycles. The SMILES string of the molecule is C(#CC1=CCCCC1)Oc1ccccc1. The van der Waals surface area contributed by atoms with Crippen LogP contribution >= 0.6 is 0 Å². The van der Waals surface area contributed by atoms with Crippen LogP contribution in [0.2, 0.25) is 0 Å². The van der Waals surface area contributed by atoms with E-state index in [0.717, 1.165) is 18.6 Å². The van der Waals surface area contributed by atoms with Crippen molar-refractivity contribution in [3.8, 4) is 17.8 Å². The number of allylic oxidation sites excluding steroid dienone is 2. The minimum absolute atomic E-state index is 0.807. The van der Waals surface area contributed by atoms with E-state index in [-0.39, 0.29) is 0 Å². The van der Waals surface area contributed by atoms with E-state index in [1.54, 1.807) is 0 Å². The van der Waals surface area contributed by atoms with Crippen LogP contribution in [0.5, 0.6) is 5.75 Å². The van der Waals surface area contributed by atoms with Gasteiger partial charge in [0.05, 0.1) is 0 Å². The zero-order valence-corrected chi connectivity index (χ0v) is 8.70. The summed E-state index contributed by atoms with van der Waals surface area (Å²) in [7, 11) is 0. The summed E-state index contributed by atoms with van der Waals surface area (Å²) in [5.74, 6) is 3.87. The highest BCUT2D eigenvalue weighted by Gasteiger charge is 1.99. The van der Waals surface area contributed by atoms with Gasteiger partial charge in [-0.15, -0.1) is 0 Å². The van der Waals surface area contributed by atoms with Crippen LogP contribution in [0.25, 0.3) is 0 Å². The van der Waals surface area contributed by atoms with Crippen LogP contribution in [0.4, 0.5) is 0 Å². The topological polar surface area (TPSA) is 9.23 Å². The van der Waals surface area contributed by atoms with Crippen LogP contribution in [0.1, 0.15) is 25.7 Å². The molecular weight excluding hydrogens is 184 g/mol. The van der Waals surface area contributed by atoms with E-state index in [1.807, 2.05) is 30.3 Å². The quantitative estimate of drug-likeness (QED) is 0.627.